The lowest BCUT2D eigenvalue weighted by Crippen LogP contribution is -2.43. The minimum Gasteiger partial charge on any atom is -0.325 e. The highest BCUT2D eigenvalue weighted by Crippen LogP contribution is 2.29. The maximum absolute atomic E-state index is 13.4. The molecular weight excluding hydrogens is 398 g/mol. The predicted octanol–water partition coefficient (Wildman–Crippen LogP) is 3.89. The van der Waals surface area contributed by atoms with E-state index in [1.807, 2.05) is 44.2 Å². The summed E-state index contributed by atoms with van der Waals surface area (Å²) in [5.74, 6) is -0.529. The van der Waals surface area contributed by atoms with Crippen LogP contribution in [0.1, 0.15) is 24.0 Å². The second kappa shape index (κ2) is 8.16. The minimum absolute atomic E-state index is 0.136. The van der Waals surface area contributed by atoms with Crippen LogP contribution in [0.15, 0.2) is 59.6 Å². The number of amides is 1. The molecule has 1 fully saturated rings. The van der Waals surface area contributed by atoms with Crippen molar-refractivity contribution in [2.75, 3.05) is 18.4 Å². The first kappa shape index (κ1) is 20.5. The summed E-state index contributed by atoms with van der Waals surface area (Å²) in [4.78, 5) is 17.4. The number of anilines is 1. The Morgan fingerprint density at radius 1 is 1.07 bits per heavy atom. The fraction of sp³-hybridized carbons (Fsp3) is 0.304. The van der Waals surface area contributed by atoms with Crippen molar-refractivity contribution < 1.29 is 13.2 Å². The lowest BCUT2D eigenvalue weighted by molar-refractivity contribution is -0.120. The van der Waals surface area contributed by atoms with E-state index in [9.17, 15) is 13.2 Å². The SMILES string of the molecule is Cc1cccc(C)c1NC(=O)[C@H]1CCCN(S(=O)(=O)c2cccc3cccnc23)C1. The summed E-state index contributed by atoms with van der Waals surface area (Å²) >= 11 is 0. The van der Waals surface area contributed by atoms with Gasteiger partial charge in [0, 0.05) is 30.4 Å². The standard InChI is InChI=1S/C23H25N3O3S/c1-16-7-3-8-17(2)21(16)25-23(27)19-11-6-14-26(15-19)30(28,29)20-12-4-9-18-10-5-13-24-22(18)20/h3-5,7-10,12-13,19H,6,11,14-15H2,1-2H3,(H,25,27)/t19-/m0/s1. The first-order chi connectivity index (χ1) is 14.4. The lowest BCUT2D eigenvalue weighted by Gasteiger charge is -2.31. The van der Waals surface area contributed by atoms with E-state index in [1.54, 1.807) is 24.4 Å². The number of aromatic nitrogens is 1. The molecule has 6 nitrogen and oxygen atoms in total. The first-order valence-electron chi connectivity index (χ1n) is 10.1. The molecule has 0 radical (unpaired) electrons. The maximum Gasteiger partial charge on any atom is 0.245 e. The normalized spacial score (nSPS) is 17.7. The van der Waals surface area contributed by atoms with Gasteiger partial charge in [0.1, 0.15) is 4.90 Å². The summed E-state index contributed by atoms with van der Waals surface area (Å²) in [5, 5.41) is 3.79. The van der Waals surface area contributed by atoms with Gasteiger partial charge in [-0.05, 0) is 49.9 Å². The third-order valence-corrected chi connectivity index (χ3v) is 7.59. The molecular formula is C23H25N3O3S. The van der Waals surface area contributed by atoms with Gasteiger partial charge in [-0.3, -0.25) is 9.78 Å². The van der Waals surface area contributed by atoms with Crippen LogP contribution in [0.2, 0.25) is 0 Å². The Morgan fingerprint density at radius 2 is 1.77 bits per heavy atom. The van der Waals surface area contributed by atoms with E-state index in [1.165, 1.54) is 4.31 Å². The number of pyridine rings is 1. The molecule has 4 rings (SSSR count). The van der Waals surface area contributed by atoms with Gasteiger partial charge in [-0.25, -0.2) is 8.42 Å². The Balaban J connectivity index is 1.58. The number of aryl methyl sites for hydroxylation is 2. The number of hydrogen-bond acceptors (Lipinski definition) is 4. The molecule has 1 atom stereocenters. The summed E-state index contributed by atoms with van der Waals surface area (Å²) in [6.07, 6.45) is 2.90. The number of rotatable bonds is 4. The van der Waals surface area contributed by atoms with E-state index in [-0.39, 0.29) is 17.3 Å². The molecule has 1 aliphatic rings. The van der Waals surface area contributed by atoms with Crippen molar-refractivity contribution in [1.82, 2.24) is 9.29 Å². The van der Waals surface area contributed by atoms with Crippen molar-refractivity contribution in [3.8, 4) is 0 Å². The van der Waals surface area contributed by atoms with Crippen molar-refractivity contribution in [2.45, 2.75) is 31.6 Å². The van der Waals surface area contributed by atoms with Crippen molar-refractivity contribution in [1.29, 1.82) is 0 Å². The summed E-state index contributed by atoms with van der Waals surface area (Å²) in [7, 11) is -3.75. The number of carbonyl (C=O) groups is 1. The molecule has 1 aromatic heterocycles. The van der Waals surface area contributed by atoms with E-state index >= 15 is 0 Å². The average molecular weight is 424 g/mol. The van der Waals surface area contributed by atoms with Gasteiger partial charge in [0.05, 0.1) is 11.4 Å². The van der Waals surface area contributed by atoms with Crippen LogP contribution in [0.25, 0.3) is 10.9 Å². The number of nitrogens with zero attached hydrogens (tertiary/aromatic N) is 2. The van der Waals surface area contributed by atoms with Gasteiger partial charge in [-0.1, -0.05) is 36.4 Å². The van der Waals surface area contributed by atoms with Crippen LogP contribution in [0.4, 0.5) is 5.69 Å². The van der Waals surface area contributed by atoms with Crippen molar-refractivity contribution in [3.63, 3.8) is 0 Å². The van der Waals surface area contributed by atoms with Crippen LogP contribution in [-0.4, -0.2) is 36.7 Å². The smallest absolute Gasteiger partial charge is 0.245 e. The zero-order valence-electron chi connectivity index (χ0n) is 17.1. The predicted molar refractivity (Wildman–Crippen MR) is 118 cm³/mol. The molecule has 1 N–H and O–H groups in total. The van der Waals surface area contributed by atoms with E-state index in [0.717, 1.165) is 22.2 Å². The third kappa shape index (κ3) is 3.82. The van der Waals surface area contributed by atoms with Crippen LogP contribution in [-0.2, 0) is 14.8 Å². The number of nitrogens with one attached hydrogen (secondary N) is 1. The molecule has 2 aromatic carbocycles. The largest absolute Gasteiger partial charge is 0.325 e. The quantitative estimate of drug-likeness (QED) is 0.690. The Bertz CT molecular complexity index is 1180. The first-order valence-corrected chi connectivity index (χ1v) is 11.5. The molecule has 1 aliphatic heterocycles. The van der Waals surface area contributed by atoms with E-state index in [4.69, 9.17) is 0 Å². The molecule has 1 saturated heterocycles. The van der Waals surface area contributed by atoms with Crippen molar-refractivity contribution >= 4 is 32.5 Å². The number of benzene rings is 2. The Kier molecular flexibility index (Phi) is 5.58. The molecule has 156 valence electrons. The summed E-state index contributed by atoms with van der Waals surface area (Å²) < 4.78 is 28.2. The van der Waals surface area contributed by atoms with Gasteiger partial charge in [0.25, 0.3) is 0 Å². The van der Waals surface area contributed by atoms with Crippen molar-refractivity contribution in [2.24, 2.45) is 5.92 Å². The van der Waals surface area contributed by atoms with Gasteiger partial charge < -0.3 is 5.32 Å². The number of para-hydroxylation sites is 2. The summed E-state index contributed by atoms with van der Waals surface area (Å²) in [5.41, 5.74) is 3.25. The molecule has 0 bridgehead atoms. The number of carbonyl (C=O) groups excluding carboxylic acids is 1. The molecule has 2 heterocycles. The van der Waals surface area contributed by atoms with Crippen LogP contribution >= 0.6 is 0 Å². The fourth-order valence-electron chi connectivity index (χ4n) is 4.04. The zero-order valence-corrected chi connectivity index (χ0v) is 17.9. The van der Waals surface area contributed by atoms with Crippen LogP contribution < -0.4 is 5.32 Å². The topological polar surface area (TPSA) is 79.4 Å². The highest BCUT2D eigenvalue weighted by atomic mass is 32.2. The van der Waals surface area contributed by atoms with Crippen molar-refractivity contribution in [3.05, 3.63) is 65.9 Å². The maximum atomic E-state index is 13.4. The number of fused-ring (bicyclic) bond motifs is 1. The van der Waals surface area contributed by atoms with Gasteiger partial charge in [-0.2, -0.15) is 4.31 Å². The molecule has 7 heteroatoms. The minimum atomic E-state index is -3.75. The van der Waals surface area contributed by atoms with E-state index in [2.05, 4.69) is 10.3 Å². The van der Waals surface area contributed by atoms with Crippen LogP contribution in [0, 0.1) is 19.8 Å². The Morgan fingerprint density at radius 3 is 2.53 bits per heavy atom. The lowest BCUT2D eigenvalue weighted by atomic mass is 9.98. The van der Waals surface area contributed by atoms with Crippen LogP contribution in [0.5, 0.6) is 0 Å². The summed E-state index contributed by atoms with van der Waals surface area (Å²) in [6, 6.07) is 14.6. The third-order valence-electron chi connectivity index (χ3n) is 5.70. The number of sulfonamides is 1. The number of piperidine rings is 1. The number of hydrogen-bond donors (Lipinski definition) is 1. The second-order valence-electron chi connectivity index (χ2n) is 7.79. The van der Waals surface area contributed by atoms with E-state index in [0.29, 0.717) is 24.9 Å². The highest BCUT2D eigenvalue weighted by molar-refractivity contribution is 7.89. The molecule has 0 aliphatic carbocycles. The van der Waals surface area contributed by atoms with Gasteiger partial charge in [0.2, 0.25) is 15.9 Å². The second-order valence-corrected chi connectivity index (χ2v) is 9.70. The van der Waals surface area contributed by atoms with Gasteiger partial charge in [-0.15, -0.1) is 0 Å². The highest BCUT2D eigenvalue weighted by Gasteiger charge is 2.34. The molecule has 3 aromatic rings. The molecule has 0 unspecified atom stereocenters. The average Bonchev–Trinajstić information content (AvgIpc) is 2.76. The Hall–Kier alpha value is -2.77. The molecule has 30 heavy (non-hydrogen) atoms. The molecule has 0 saturated carbocycles. The molecule has 0 spiro atoms. The van der Waals surface area contributed by atoms with Gasteiger partial charge in [0.15, 0.2) is 0 Å². The zero-order chi connectivity index (χ0) is 21.3. The van der Waals surface area contributed by atoms with Gasteiger partial charge >= 0.3 is 0 Å². The van der Waals surface area contributed by atoms with Crippen LogP contribution in [0.3, 0.4) is 0 Å². The van der Waals surface area contributed by atoms with E-state index < -0.39 is 15.9 Å². The summed E-state index contributed by atoms with van der Waals surface area (Å²) in [6.45, 7) is 4.47. The molecule has 1 amide bonds. The Labute approximate surface area is 177 Å². The fourth-order valence-corrected chi connectivity index (χ4v) is 5.72. The monoisotopic (exact) mass is 423 g/mol.